The van der Waals surface area contributed by atoms with Crippen molar-refractivity contribution in [2.24, 2.45) is 0 Å². The van der Waals surface area contributed by atoms with Crippen LogP contribution in [-0.2, 0) is 0 Å². The average Bonchev–Trinajstić information content (AvgIpc) is 2.45. The fourth-order valence-electron chi connectivity index (χ4n) is 3.06. The van der Waals surface area contributed by atoms with Crippen LogP contribution in [0.5, 0.6) is 0 Å². The normalized spacial score (nSPS) is 23.7. The van der Waals surface area contributed by atoms with Crippen LogP contribution in [0.3, 0.4) is 0 Å². The summed E-state index contributed by atoms with van der Waals surface area (Å²) in [6, 6.07) is 11.8. The van der Waals surface area contributed by atoms with Crippen molar-refractivity contribution in [3.8, 4) is 0 Å². The summed E-state index contributed by atoms with van der Waals surface area (Å²) in [4.78, 5) is 2.26. The van der Waals surface area contributed by atoms with Crippen LogP contribution < -0.4 is 5.32 Å². The minimum atomic E-state index is 0.752. The van der Waals surface area contributed by atoms with Crippen molar-refractivity contribution in [3.05, 3.63) is 35.9 Å². The molecule has 1 saturated carbocycles. The van der Waals surface area contributed by atoms with Gasteiger partial charge in [0, 0.05) is 6.04 Å². The van der Waals surface area contributed by atoms with Crippen LogP contribution in [-0.4, -0.2) is 38.1 Å². The summed E-state index contributed by atoms with van der Waals surface area (Å²) in [6.07, 6.45) is 6.61. The Labute approximate surface area is 118 Å². The molecule has 1 aliphatic rings. The summed E-state index contributed by atoms with van der Waals surface area (Å²) in [5.41, 5.74) is 1.54. The standard InChI is InChI=1S/C17H28N2/c1-19(2)14-6-13-18-17-11-9-16(10-12-17)15-7-4-3-5-8-15/h3-5,7-8,16-18H,6,9-14H2,1-2H3/t16-,17-. The van der Waals surface area contributed by atoms with Gasteiger partial charge in [0.25, 0.3) is 0 Å². The van der Waals surface area contributed by atoms with Crippen LogP contribution in [0.4, 0.5) is 0 Å². The van der Waals surface area contributed by atoms with E-state index in [9.17, 15) is 0 Å². The molecule has 2 nitrogen and oxygen atoms in total. The van der Waals surface area contributed by atoms with Gasteiger partial charge in [-0.2, -0.15) is 0 Å². The van der Waals surface area contributed by atoms with Gasteiger partial charge in [-0.25, -0.2) is 0 Å². The molecule has 0 atom stereocenters. The first-order valence-corrected chi connectivity index (χ1v) is 7.69. The number of benzene rings is 1. The smallest absolute Gasteiger partial charge is 0.00675 e. The number of hydrogen-bond acceptors (Lipinski definition) is 2. The van der Waals surface area contributed by atoms with Gasteiger partial charge in [-0.1, -0.05) is 30.3 Å². The first kappa shape index (κ1) is 14.5. The highest BCUT2D eigenvalue weighted by atomic mass is 15.1. The number of hydrogen-bond donors (Lipinski definition) is 1. The second kappa shape index (κ2) is 7.66. The molecule has 2 rings (SSSR count). The van der Waals surface area contributed by atoms with E-state index in [0.717, 1.165) is 12.0 Å². The summed E-state index contributed by atoms with van der Waals surface area (Å²) >= 11 is 0. The Morgan fingerprint density at radius 3 is 2.37 bits per heavy atom. The first-order valence-electron chi connectivity index (χ1n) is 7.69. The quantitative estimate of drug-likeness (QED) is 0.790. The van der Waals surface area contributed by atoms with Gasteiger partial charge < -0.3 is 10.2 Å². The molecular formula is C17H28N2. The number of nitrogens with one attached hydrogen (secondary N) is 1. The van der Waals surface area contributed by atoms with Crippen molar-refractivity contribution in [2.75, 3.05) is 27.2 Å². The van der Waals surface area contributed by atoms with Crippen molar-refractivity contribution in [3.63, 3.8) is 0 Å². The molecule has 1 aromatic rings. The highest BCUT2D eigenvalue weighted by molar-refractivity contribution is 5.20. The second-order valence-electron chi connectivity index (χ2n) is 6.07. The summed E-state index contributed by atoms with van der Waals surface area (Å²) in [5.74, 6) is 0.793. The van der Waals surface area contributed by atoms with E-state index >= 15 is 0 Å². The molecule has 1 aromatic carbocycles. The molecule has 0 aliphatic heterocycles. The van der Waals surface area contributed by atoms with Crippen LogP contribution >= 0.6 is 0 Å². The van der Waals surface area contributed by atoms with Gasteiger partial charge in [0.2, 0.25) is 0 Å². The number of rotatable bonds is 6. The minimum absolute atomic E-state index is 0.752. The summed E-state index contributed by atoms with van der Waals surface area (Å²) in [5, 5.41) is 3.72. The lowest BCUT2D eigenvalue weighted by atomic mass is 9.82. The van der Waals surface area contributed by atoms with Crippen molar-refractivity contribution in [1.82, 2.24) is 10.2 Å². The maximum atomic E-state index is 3.72. The van der Waals surface area contributed by atoms with Gasteiger partial charge in [0.1, 0.15) is 0 Å². The Balaban J connectivity index is 1.65. The molecule has 19 heavy (non-hydrogen) atoms. The summed E-state index contributed by atoms with van der Waals surface area (Å²) in [6.45, 7) is 2.35. The molecule has 0 bridgehead atoms. The van der Waals surface area contributed by atoms with Crippen molar-refractivity contribution in [1.29, 1.82) is 0 Å². The van der Waals surface area contributed by atoms with E-state index in [1.807, 2.05) is 0 Å². The van der Waals surface area contributed by atoms with Crippen molar-refractivity contribution >= 4 is 0 Å². The maximum absolute atomic E-state index is 3.72. The molecule has 1 fully saturated rings. The zero-order valence-electron chi connectivity index (χ0n) is 12.4. The molecule has 0 aromatic heterocycles. The average molecular weight is 260 g/mol. The van der Waals surface area contributed by atoms with Crippen LogP contribution in [0.15, 0.2) is 30.3 Å². The fraction of sp³-hybridized carbons (Fsp3) is 0.647. The van der Waals surface area contributed by atoms with Gasteiger partial charge in [0.05, 0.1) is 0 Å². The Morgan fingerprint density at radius 2 is 1.74 bits per heavy atom. The Kier molecular flexibility index (Phi) is 5.87. The predicted octanol–water partition coefficient (Wildman–Crippen LogP) is 3.25. The van der Waals surface area contributed by atoms with Gasteiger partial charge in [-0.3, -0.25) is 0 Å². The highest BCUT2D eigenvalue weighted by Gasteiger charge is 2.21. The van der Waals surface area contributed by atoms with Gasteiger partial charge in [0.15, 0.2) is 0 Å². The molecular weight excluding hydrogens is 232 g/mol. The molecule has 2 heteroatoms. The second-order valence-corrected chi connectivity index (χ2v) is 6.07. The molecule has 0 radical (unpaired) electrons. The topological polar surface area (TPSA) is 15.3 Å². The van der Waals surface area contributed by atoms with Crippen LogP contribution in [0.25, 0.3) is 0 Å². The fourth-order valence-corrected chi connectivity index (χ4v) is 3.06. The SMILES string of the molecule is CN(C)CCCN[C@H]1CC[C@H](c2ccccc2)CC1. The van der Waals surface area contributed by atoms with E-state index in [1.165, 1.54) is 50.8 Å². The van der Waals surface area contributed by atoms with Crippen LogP contribution in [0, 0.1) is 0 Å². The molecule has 0 saturated heterocycles. The molecule has 1 N–H and O–H groups in total. The van der Waals surface area contributed by atoms with Gasteiger partial charge >= 0.3 is 0 Å². The van der Waals surface area contributed by atoms with E-state index in [4.69, 9.17) is 0 Å². The van der Waals surface area contributed by atoms with Crippen molar-refractivity contribution < 1.29 is 0 Å². The maximum Gasteiger partial charge on any atom is 0.00675 e. The predicted molar refractivity (Wildman–Crippen MR) is 82.6 cm³/mol. The lowest BCUT2D eigenvalue weighted by Gasteiger charge is -2.29. The summed E-state index contributed by atoms with van der Waals surface area (Å²) < 4.78 is 0. The highest BCUT2D eigenvalue weighted by Crippen LogP contribution is 2.32. The minimum Gasteiger partial charge on any atom is -0.314 e. The van der Waals surface area contributed by atoms with Crippen molar-refractivity contribution in [2.45, 2.75) is 44.1 Å². The molecule has 106 valence electrons. The monoisotopic (exact) mass is 260 g/mol. The molecule has 0 heterocycles. The lowest BCUT2D eigenvalue weighted by Crippen LogP contribution is -2.34. The van der Waals surface area contributed by atoms with E-state index in [0.29, 0.717) is 0 Å². The third-order valence-corrected chi connectivity index (χ3v) is 4.21. The van der Waals surface area contributed by atoms with E-state index in [1.54, 1.807) is 0 Å². The first-order chi connectivity index (χ1) is 9.25. The van der Waals surface area contributed by atoms with E-state index in [-0.39, 0.29) is 0 Å². The zero-order valence-corrected chi connectivity index (χ0v) is 12.4. The van der Waals surface area contributed by atoms with E-state index < -0.39 is 0 Å². The Hall–Kier alpha value is -0.860. The largest absolute Gasteiger partial charge is 0.314 e. The number of nitrogens with zero attached hydrogens (tertiary/aromatic N) is 1. The molecule has 0 unspecified atom stereocenters. The van der Waals surface area contributed by atoms with Gasteiger partial charge in [-0.15, -0.1) is 0 Å². The third kappa shape index (κ3) is 4.96. The Morgan fingerprint density at radius 1 is 1.05 bits per heavy atom. The molecule has 1 aliphatic carbocycles. The van der Waals surface area contributed by atoms with Crippen LogP contribution in [0.2, 0.25) is 0 Å². The van der Waals surface area contributed by atoms with E-state index in [2.05, 4.69) is 54.6 Å². The van der Waals surface area contributed by atoms with Gasteiger partial charge in [-0.05, 0) is 70.8 Å². The Bertz CT molecular complexity index is 340. The molecule has 0 amide bonds. The summed E-state index contributed by atoms with van der Waals surface area (Å²) in [7, 11) is 4.29. The third-order valence-electron chi connectivity index (χ3n) is 4.21. The molecule has 0 spiro atoms. The zero-order chi connectivity index (χ0) is 13.5. The van der Waals surface area contributed by atoms with Crippen LogP contribution in [0.1, 0.15) is 43.6 Å². The lowest BCUT2D eigenvalue weighted by molar-refractivity contribution is 0.330.